The topological polar surface area (TPSA) is 72.1 Å². The predicted octanol–water partition coefficient (Wildman–Crippen LogP) is 3.42. The minimum Gasteiger partial charge on any atom is -0.497 e. The Labute approximate surface area is 133 Å². The van der Waals surface area contributed by atoms with Crippen molar-refractivity contribution >= 4 is 22.6 Å². The highest BCUT2D eigenvalue weighted by Crippen LogP contribution is 2.17. The number of imidazole rings is 1. The van der Waals surface area contributed by atoms with E-state index in [4.69, 9.17) is 4.74 Å². The van der Waals surface area contributed by atoms with E-state index in [1.165, 1.54) is 0 Å². The number of benzene rings is 2. The molecule has 23 heavy (non-hydrogen) atoms. The van der Waals surface area contributed by atoms with Crippen LogP contribution in [0.5, 0.6) is 5.75 Å². The highest BCUT2D eigenvalue weighted by Gasteiger charge is 2.12. The highest BCUT2D eigenvalue weighted by atomic mass is 16.5. The molecule has 0 bridgehead atoms. The zero-order valence-electron chi connectivity index (χ0n) is 12.7. The maximum absolute atomic E-state index is 12.3. The van der Waals surface area contributed by atoms with E-state index < -0.39 is 0 Å². The fourth-order valence-electron chi connectivity index (χ4n) is 2.42. The van der Waals surface area contributed by atoms with Crippen LogP contribution in [-0.2, 0) is 0 Å². The number of fused-ring (bicyclic) bond motifs is 1. The van der Waals surface area contributed by atoms with Crippen molar-refractivity contribution in [2.75, 3.05) is 7.11 Å². The van der Waals surface area contributed by atoms with Crippen LogP contribution < -0.4 is 4.74 Å². The maximum Gasteiger partial charge on any atom is 0.163 e. The zero-order chi connectivity index (χ0) is 16.2. The van der Waals surface area contributed by atoms with Crippen LogP contribution in [0, 0.1) is 0 Å². The molecule has 0 saturated heterocycles. The van der Waals surface area contributed by atoms with Crippen LogP contribution in [0.1, 0.15) is 33.6 Å². The monoisotopic (exact) mass is 308 g/mol. The van der Waals surface area contributed by atoms with Crippen molar-refractivity contribution in [2.45, 2.75) is 12.8 Å². The van der Waals surface area contributed by atoms with Gasteiger partial charge in [-0.1, -0.05) is 12.1 Å². The Bertz CT molecular complexity index is 867. The Kier molecular flexibility index (Phi) is 4.19. The van der Waals surface area contributed by atoms with Crippen molar-refractivity contribution in [3.05, 3.63) is 59.9 Å². The molecular weight excluding hydrogens is 292 g/mol. The zero-order valence-corrected chi connectivity index (χ0v) is 12.7. The smallest absolute Gasteiger partial charge is 0.163 e. The Hall–Kier alpha value is -2.95. The van der Waals surface area contributed by atoms with E-state index in [1.807, 2.05) is 6.07 Å². The first-order valence-electron chi connectivity index (χ1n) is 7.31. The molecule has 0 unspecified atom stereocenters. The molecule has 2 aromatic carbocycles. The second kappa shape index (κ2) is 6.44. The molecule has 5 nitrogen and oxygen atoms in total. The molecule has 5 heteroatoms. The average molecular weight is 308 g/mol. The number of Topliss-reactive ketones (excluding diaryl/α,β-unsaturated/α-hetero) is 2. The first-order valence-corrected chi connectivity index (χ1v) is 7.31. The van der Waals surface area contributed by atoms with Crippen LogP contribution in [0.3, 0.4) is 0 Å². The molecular formula is C18H16N2O3. The van der Waals surface area contributed by atoms with Crippen LogP contribution in [0.25, 0.3) is 11.0 Å². The van der Waals surface area contributed by atoms with E-state index in [9.17, 15) is 9.59 Å². The lowest BCUT2D eigenvalue weighted by Gasteiger charge is -2.04. The van der Waals surface area contributed by atoms with Crippen molar-refractivity contribution in [2.24, 2.45) is 0 Å². The Morgan fingerprint density at radius 3 is 2.52 bits per heavy atom. The quantitative estimate of drug-likeness (QED) is 0.708. The van der Waals surface area contributed by atoms with E-state index in [0.717, 1.165) is 11.0 Å². The van der Waals surface area contributed by atoms with Gasteiger partial charge in [-0.15, -0.1) is 0 Å². The fraction of sp³-hybridized carbons (Fsp3) is 0.167. The van der Waals surface area contributed by atoms with Gasteiger partial charge in [0.2, 0.25) is 0 Å². The van der Waals surface area contributed by atoms with E-state index >= 15 is 0 Å². The molecule has 116 valence electrons. The molecule has 3 rings (SSSR count). The number of nitrogens with zero attached hydrogens (tertiary/aromatic N) is 1. The lowest BCUT2D eigenvalue weighted by atomic mass is 10.0. The van der Waals surface area contributed by atoms with Crippen molar-refractivity contribution in [1.82, 2.24) is 9.97 Å². The summed E-state index contributed by atoms with van der Waals surface area (Å²) in [5.41, 5.74) is 2.76. The Morgan fingerprint density at radius 2 is 1.78 bits per heavy atom. The van der Waals surface area contributed by atoms with Gasteiger partial charge in [-0.05, 0) is 30.3 Å². The second-order valence-corrected chi connectivity index (χ2v) is 5.21. The van der Waals surface area contributed by atoms with Gasteiger partial charge in [-0.25, -0.2) is 4.98 Å². The van der Waals surface area contributed by atoms with E-state index in [-0.39, 0.29) is 24.4 Å². The normalized spacial score (nSPS) is 10.7. The number of hydrogen-bond acceptors (Lipinski definition) is 4. The molecule has 1 aromatic heterocycles. The number of carbonyl (C=O) groups excluding carboxylic acids is 2. The van der Waals surface area contributed by atoms with E-state index in [0.29, 0.717) is 16.9 Å². The van der Waals surface area contributed by atoms with Crippen molar-refractivity contribution < 1.29 is 14.3 Å². The number of methoxy groups -OCH3 is 1. The summed E-state index contributed by atoms with van der Waals surface area (Å²) in [5, 5.41) is 0. The predicted molar refractivity (Wildman–Crippen MR) is 87.0 cm³/mol. The van der Waals surface area contributed by atoms with Gasteiger partial charge in [0.1, 0.15) is 5.75 Å². The van der Waals surface area contributed by atoms with E-state index in [2.05, 4.69) is 9.97 Å². The number of H-pyrrole nitrogens is 1. The Balaban J connectivity index is 1.66. The summed E-state index contributed by atoms with van der Waals surface area (Å²) in [5.74, 6) is 0.496. The minimum absolute atomic E-state index is 0.0638. The minimum atomic E-state index is -0.0712. The third-order valence-corrected chi connectivity index (χ3v) is 3.71. The van der Waals surface area contributed by atoms with Crippen molar-refractivity contribution in [3.8, 4) is 5.75 Å². The largest absolute Gasteiger partial charge is 0.497 e. The summed E-state index contributed by atoms with van der Waals surface area (Å²) in [6.07, 6.45) is 1.93. The van der Waals surface area contributed by atoms with Crippen LogP contribution in [0.15, 0.2) is 48.8 Å². The van der Waals surface area contributed by atoms with Gasteiger partial charge in [0.25, 0.3) is 0 Å². The van der Waals surface area contributed by atoms with Gasteiger partial charge < -0.3 is 9.72 Å². The number of rotatable bonds is 6. The van der Waals surface area contributed by atoms with E-state index in [1.54, 1.807) is 49.8 Å². The number of aromatic amines is 1. The molecule has 0 radical (unpaired) electrons. The molecule has 1 heterocycles. The summed E-state index contributed by atoms with van der Waals surface area (Å²) in [6, 6.07) is 12.3. The highest BCUT2D eigenvalue weighted by molar-refractivity contribution is 6.03. The first-order chi connectivity index (χ1) is 11.2. The maximum atomic E-state index is 12.3. The number of hydrogen-bond donors (Lipinski definition) is 1. The second-order valence-electron chi connectivity index (χ2n) is 5.21. The third kappa shape index (κ3) is 3.29. The fourth-order valence-corrected chi connectivity index (χ4v) is 2.42. The molecule has 0 saturated carbocycles. The summed E-state index contributed by atoms with van der Waals surface area (Å²) < 4.78 is 5.10. The number of ketones is 2. The molecule has 0 aliphatic heterocycles. The van der Waals surface area contributed by atoms with Crippen molar-refractivity contribution in [1.29, 1.82) is 0 Å². The molecule has 0 fully saturated rings. The average Bonchev–Trinajstić information content (AvgIpc) is 3.07. The van der Waals surface area contributed by atoms with Crippen LogP contribution >= 0.6 is 0 Å². The molecule has 3 aromatic rings. The van der Waals surface area contributed by atoms with Gasteiger partial charge >= 0.3 is 0 Å². The molecule has 0 atom stereocenters. The summed E-state index contributed by atoms with van der Waals surface area (Å²) >= 11 is 0. The number of carbonyl (C=O) groups is 2. The summed E-state index contributed by atoms with van der Waals surface area (Å²) in [7, 11) is 1.55. The molecule has 0 aliphatic rings. The summed E-state index contributed by atoms with van der Waals surface area (Å²) in [6.45, 7) is 0. The lowest BCUT2D eigenvalue weighted by Crippen LogP contribution is -2.05. The first kappa shape index (κ1) is 15.0. The van der Waals surface area contributed by atoms with Crippen LogP contribution in [-0.4, -0.2) is 28.6 Å². The summed E-state index contributed by atoms with van der Waals surface area (Å²) in [4.78, 5) is 31.6. The van der Waals surface area contributed by atoms with Gasteiger partial charge in [0, 0.05) is 24.0 Å². The number of ether oxygens (including phenoxy) is 1. The van der Waals surface area contributed by atoms with Gasteiger partial charge in [0.15, 0.2) is 11.6 Å². The Morgan fingerprint density at radius 1 is 1.04 bits per heavy atom. The third-order valence-electron chi connectivity index (χ3n) is 3.71. The van der Waals surface area contributed by atoms with Gasteiger partial charge in [-0.2, -0.15) is 0 Å². The number of aromatic nitrogens is 2. The van der Waals surface area contributed by atoms with Gasteiger partial charge in [0.05, 0.1) is 24.5 Å². The molecule has 1 N–H and O–H groups in total. The SMILES string of the molecule is COc1cccc(C(=O)CCC(=O)c2ccc3[nH]cnc3c2)c1. The number of nitrogens with one attached hydrogen (secondary N) is 1. The van der Waals surface area contributed by atoms with Crippen LogP contribution in [0.2, 0.25) is 0 Å². The molecule has 0 aliphatic carbocycles. The van der Waals surface area contributed by atoms with Crippen molar-refractivity contribution in [3.63, 3.8) is 0 Å². The van der Waals surface area contributed by atoms with Crippen LogP contribution in [0.4, 0.5) is 0 Å². The standard InChI is InChI=1S/C18H16N2O3/c1-23-14-4-2-3-12(9-14)17(21)7-8-18(22)13-5-6-15-16(10-13)20-11-19-15/h2-6,9-11H,7-8H2,1H3,(H,19,20). The van der Waals surface area contributed by atoms with Gasteiger partial charge in [-0.3, -0.25) is 9.59 Å². The molecule has 0 spiro atoms. The lowest BCUT2D eigenvalue weighted by molar-refractivity contribution is 0.0917. The molecule has 0 amide bonds.